The van der Waals surface area contributed by atoms with Crippen molar-refractivity contribution in [2.24, 2.45) is 16.0 Å². The first-order chi connectivity index (χ1) is 9.02. The van der Waals surface area contributed by atoms with Gasteiger partial charge in [-0.05, 0) is 25.2 Å². The molecule has 0 atom stereocenters. The zero-order valence-electron chi connectivity index (χ0n) is 14.3. The van der Waals surface area contributed by atoms with Crippen LogP contribution in [0.5, 0.6) is 0 Å². The molecule has 0 bridgehead atoms. The molecule has 1 amide bonds. The van der Waals surface area contributed by atoms with Gasteiger partial charge in [0.2, 0.25) is 5.91 Å². The predicted octanol–water partition coefficient (Wildman–Crippen LogP) is 3.76. The van der Waals surface area contributed by atoms with Crippen LogP contribution in [0.15, 0.2) is 5.16 Å². The number of amides is 1. The van der Waals surface area contributed by atoms with Crippen LogP contribution in [0.3, 0.4) is 0 Å². The molecule has 4 nitrogen and oxygen atoms in total. The van der Waals surface area contributed by atoms with Crippen molar-refractivity contribution >= 4 is 11.6 Å². The number of rotatable bonds is 7. The van der Waals surface area contributed by atoms with Crippen LogP contribution < -0.4 is 5.32 Å². The summed E-state index contributed by atoms with van der Waals surface area (Å²) in [5.41, 5.74) is 1.26. The standard InChI is InChI=1S/C16H32N2O2/c1-13(16(5,6)7)18-20-12-8-9-14(19)17-11-10-15(2,3)4/h8-12H2,1-7H3,(H,17,19)/b18-13-. The van der Waals surface area contributed by atoms with E-state index < -0.39 is 0 Å². The summed E-state index contributed by atoms with van der Waals surface area (Å²) < 4.78 is 0. The van der Waals surface area contributed by atoms with Crippen LogP contribution in [0.1, 0.15) is 67.7 Å². The molecule has 0 saturated heterocycles. The van der Waals surface area contributed by atoms with Crippen LogP contribution in [0.4, 0.5) is 0 Å². The van der Waals surface area contributed by atoms with Crippen LogP contribution in [0.25, 0.3) is 0 Å². The van der Waals surface area contributed by atoms with Gasteiger partial charge in [0.25, 0.3) is 0 Å². The summed E-state index contributed by atoms with van der Waals surface area (Å²) in [6.07, 6.45) is 2.18. The third kappa shape index (κ3) is 10.8. The van der Waals surface area contributed by atoms with Crippen molar-refractivity contribution in [3.63, 3.8) is 0 Å². The van der Waals surface area contributed by atoms with Crippen LogP contribution in [0.2, 0.25) is 0 Å². The maximum absolute atomic E-state index is 11.6. The van der Waals surface area contributed by atoms with Crippen molar-refractivity contribution < 1.29 is 9.63 Å². The van der Waals surface area contributed by atoms with E-state index in [-0.39, 0.29) is 16.7 Å². The van der Waals surface area contributed by atoms with Crippen molar-refractivity contribution in [3.05, 3.63) is 0 Å². The molecule has 0 aromatic heterocycles. The van der Waals surface area contributed by atoms with Gasteiger partial charge in [-0.3, -0.25) is 4.79 Å². The fourth-order valence-electron chi connectivity index (χ4n) is 1.24. The van der Waals surface area contributed by atoms with Gasteiger partial charge < -0.3 is 10.2 Å². The van der Waals surface area contributed by atoms with Gasteiger partial charge in [0, 0.05) is 18.4 Å². The molecule has 0 aliphatic carbocycles. The summed E-state index contributed by atoms with van der Waals surface area (Å²) in [6.45, 7) is 16.0. The maximum Gasteiger partial charge on any atom is 0.220 e. The zero-order valence-corrected chi connectivity index (χ0v) is 14.3. The zero-order chi connectivity index (χ0) is 15.8. The van der Waals surface area contributed by atoms with Crippen molar-refractivity contribution in [3.8, 4) is 0 Å². The molecular formula is C16H32N2O2. The molecule has 0 radical (unpaired) electrons. The summed E-state index contributed by atoms with van der Waals surface area (Å²) in [4.78, 5) is 16.8. The van der Waals surface area contributed by atoms with E-state index in [1.54, 1.807) is 0 Å². The first-order valence-corrected chi connectivity index (χ1v) is 7.46. The van der Waals surface area contributed by atoms with Gasteiger partial charge in [-0.25, -0.2) is 0 Å². The third-order valence-electron chi connectivity index (χ3n) is 3.12. The number of carbonyl (C=O) groups excluding carboxylic acids is 1. The molecule has 0 aliphatic heterocycles. The van der Waals surface area contributed by atoms with E-state index in [4.69, 9.17) is 4.84 Å². The number of hydrogen-bond acceptors (Lipinski definition) is 3. The summed E-state index contributed by atoms with van der Waals surface area (Å²) in [5.74, 6) is 0.0920. The van der Waals surface area contributed by atoms with E-state index in [9.17, 15) is 4.79 Å². The Hall–Kier alpha value is -1.06. The third-order valence-corrected chi connectivity index (χ3v) is 3.12. The minimum Gasteiger partial charge on any atom is -0.396 e. The van der Waals surface area contributed by atoms with Crippen LogP contribution in [-0.4, -0.2) is 24.8 Å². The maximum atomic E-state index is 11.6. The molecule has 0 heterocycles. The first kappa shape index (κ1) is 18.9. The molecule has 0 unspecified atom stereocenters. The van der Waals surface area contributed by atoms with Gasteiger partial charge in [-0.15, -0.1) is 0 Å². The number of oxime groups is 1. The summed E-state index contributed by atoms with van der Waals surface area (Å²) >= 11 is 0. The summed E-state index contributed by atoms with van der Waals surface area (Å²) in [6, 6.07) is 0. The highest BCUT2D eigenvalue weighted by atomic mass is 16.6. The van der Waals surface area contributed by atoms with E-state index >= 15 is 0 Å². The highest BCUT2D eigenvalue weighted by Gasteiger charge is 2.14. The van der Waals surface area contributed by atoms with Gasteiger partial charge >= 0.3 is 0 Å². The normalized spacial score (nSPS) is 13.2. The summed E-state index contributed by atoms with van der Waals surface area (Å²) in [5, 5.41) is 7.00. The van der Waals surface area contributed by atoms with Crippen molar-refractivity contribution in [1.82, 2.24) is 5.32 Å². The predicted molar refractivity (Wildman–Crippen MR) is 84.8 cm³/mol. The average Bonchev–Trinajstić information content (AvgIpc) is 2.25. The van der Waals surface area contributed by atoms with Gasteiger partial charge in [-0.2, -0.15) is 0 Å². The largest absolute Gasteiger partial charge is 0.396 e. The second-order valence-electron chi connectivity index (χ2n) is 7.52. The molecule has 1 N–H and O–H groups in total. The van der Waals surface area contributed by atoms with Crippen LogP contribution >= 0.6 is 0 Å². The van der Waals surface area contributed by atoms with Crippen LogP contribution in [-0.2, 0) is 9.63 Å². The highest BCUT2D eigenvalue weighted by Crippen LogP contribution is 2.17. The Balaban J connectivity index is 3.68. The molecule has 0 aromatic carbocycles. The Morgan fingerprint density at radius 2 is 1.75 bits per heavy atom. The number of nitrogens with zero attached hydrogens (tertiary/aromatic N) is 1. The average molecular weight is 284 g/mol. The van der Waals surface area contributed by atoms with Crippen molar-refractivity contribution in [2.75, 3.05) is 13.2 Å². The second-order valence-corrected chi connectivity index (χ2v) is 7.52. The molecule has 0 fully saturated rings. The monoisotopic (exact) mass is 284 g/mol. The molecule has 0 saturated carbocycles. The first-order valence-electron chi connectivity index (χ1n) is 7.46. The van der Waals surface area contributed by atoms with Gasteiger partial charge in [-0.1, -0.05) is 46.7 Å². The number of hydrogen-bond donors (Lipinski definition) is 1. The Bertz CT molecular complexity index is 322. The number of carbonyl (C=O) groups is 1. The lowest BCUT2D eigenvalue weighted by atomic mass is 9.91. The van der Waals surface area contributed by atoms with Crippen molar-refractivity contribution in [2.45, 2.75) is 67.7 Å². The Morgan fingerprint density at radius 3 is 2.25 bits per heavy atom. The van der Waals surface area contributed by atoms with Crippen LogP contribution in [0, 0.1) is 10.8 Å². The second kappa shape index (κ2) is 8.28. The van der Waals surface area contributed by atoms with Gasteiger partial charge in [0.1, 0.15) is 6.61 Å². The Kier molecular flexibility index (Phi) is 7.84. The minimum absolute atomic E-state index is 0.0321. The van der Waals surface area contributed by atoms with Gasteiger partial charge in [0.15, 0.2) is 0 Å². The minimum atomic E-state index is 0.0321. The molecule has 0 aromatic rings. The number of nitrogens with one attached hydrogen (secondary N) is 1. The van der Waals surface area contributed by atoms with E-state index in [1.807, 2.05) is 6.92 Å². The molecule has 0 rings (SSSR count). The Morgan fingerprint density at radius 1 is 1.15 bits per heavy atom. The Labute approximate surface area is 124 Å². The smallest absolute Gasteiger partial charge is 0.220 e. The fourth-order valence-corrected chi connectivity index (χ4v) is 1.24. The topological polar surface area (TPSA) is 50.7 Å². The van der Waals surface area contributed by atoms with Crippen molar-refractivity contribution in [1.29, 1.82) is 0 Å². The van der Waals surface area contributed by atoms with E-state index in [0.717, 1.165) is 18.7 Å². The lowest BCUT2D eigenvalue weighted by Gasteiger charge is -2.18. The molecule has 118 valence electrons. The molecular weight excluding hydrogens is 252 g/mol. The molecule has 20 heavy (non-hydrogen) atoms. The van der Waals surface area contributed by atoms with Gasteiger partial charge in [0.05, 0.1) is 5.71 Å². The quantitative estimate of drug-likeness (QED) is 0.439. The SMILES string of the molecule is C/C(=N/OCCCC(=O)NCCC(C)(C)C)C(C)(C)C. The fraction of sp³-hybridized carbons (Fsp3) is 0.875. The highest BCUT2D eigenvalue weighted by molar-refractivity contribution is 5.86. The van der Waals surface area contributed by atoms with E-state index in [2.05, 4.69) is 52.0 Å². The van der Waals surface area contributed by atoms with E-state index in [0.29, 0.717) is 19.4 Å². The molecule has 0 aliphatic rings. The lowest BCUT2D eigenvalue weighted by Crippen LogP contribution is -2.27. The lowest BCUT2D eigenvalue weighted by molar-refractivity contribution is -0.121. The van der Waals surface area contributed by atoms with E-state index in [1.165, 1.54) is 0 Å². The molecule has 0 spiro atoms. The molecule has 4 heteroatoms. The summed E-state index contributed by atoms with van der Waals surface area (Å²) in [7, 11) is 0.